The first-order valence-electron chi connectivity index (χ1n) is 8.34. The Morgan fingerprint density at radius 2 is 1.88 bits per heavy atom. The lowest BCUT2D eigenvalue weighted by Gasteiger charge is -2.18. The van der Waals surface area contributed by atoms with Crippen molar-refractivity contribution in [3.8, 4) is 11.5 Å². The fourth-order valence-corrected chi connectivity index (χ4v) is 2.91. The summed E-state index contributed by atoms with van der Waals surface area (Å²) in [6.07, 6.45) is 1.81. The molecule has 2 aromatic carbocycles. The third-order valence-corrected chi connectivity index (χ3v) is 4.11. The Labute approximate surface area is 151 Å². The van der Waals surface area contributed by atoms with Crippen molar-refractivity contribution in [2.45, 2.75) is 0 Å². The van der Waals surface area contributed by atoms with Crippen molar-refractivity contribution < 1.29 is 19.0 Å². The molecule has 132 valence electrons. The first kappa shape index (κ1) is 16.4. The van der Waals surface area contributed by atoms with Crippen LogP contribution in [-0.2, 0) is 9.53 Å². The number of ether oxygens (including phenoxy) is 3. The normalized spacial score (nSPS) is 17.6. The van der Waals surface area contributed by atoms with Crippen LogP contribution in [0, 0.1) is 0 Å². The molecule has 0 atom stereocenters. The van der Waals surface area contributed by atoms with Crippen LogP contribution >= 0.6 is 0 Å². The number of fused-ring (bicyclic) bond motifs is 1. The zero-order valence-electron chi connectivity index (χ0n) is 14.3. The van der Waals surface area contributed by atoms with Gasteiger partial charge in [0.1, 0.15) is 13.2 Å². The number of amides is 1. The molecule has 0 aliphatic carbocycles. The standard InChI is InChI=1S/C20H18N2O4/c1-24-13-17-16(20(23)22(21-17)15-5-3-2-4-6-15)11-14-7-8-18-19(12-14)26-10-9-25-18/h2-8,11-12H,9-10,13H2,1H3/b16-11-. The summed E-state index contributed by atoms with van der Waals surface area (Å²) in [4.78, 5) is 12.9. The van der Waals surface area contributed by atoms with Crippen molar-refractivity contribution >= 4 is 23.4 Å². The molecule has 0 N–H and O–H groups in total. The highest BCUT2D eigenvalue weighted by Crippen LogP contribution is 2.32. The highest BCUT2D eigenvalue weighted by Gasteiger charge is 2.31. The van der Waals surface area contributed by atoms with E-state index >= 15 is 0 Å². The smallest absolute Gasteiger partial charge is 0.280 e. The quantitative estimate of drug-likeness (QED) is 0.796. The summed E-state index contributed by atoms with van der Waals surface area (Å²) in [5, 5.41) is 5.85. The van der Waals surface area contributed by atoms with E-state index in [2.05, 4.69) is 5.10 Å². The zero-order valence-corrected chi connectivity index (χ0v) is 14.3. The van der Waals surface area contributed by atoms with E-state index in [9.17, 15) is 4.79 Å². The monoisotopic (exact) mass is 350 g/mol. The minimum Gasteiger partial charge on any atom is -0.486 e. The lowest BCUT2D eigenvalue weighted by molar-refractivity contribution is -0.114. The fourth-order valence-electron chi connectivity index (χ4n) is 2.91. The van der Waals surface area contributed by atoms with Gasteiger partial charge in [-0.05, 0) is 35.9 Å². The van der Waals surface area contributed by atoms with Crippen LogP contribution < -0.4 is 14.5 Å². The lowest BCUT2D eigenvalue weighted by Crippen LogP contribution is -2.21. The average Bonchev–Trinajstić information content (AvgIpc) is 2.99. The first-order chi connectivity index (χ1) is 12.8. The van der Waals surface area contributed by atoms with E-state index in [-0.39, 0.29) is 12.5 Å². The number of methoxy groups -OCH3 is 1. The Hall–Kier alpha value is -3.12. The van der Waals surface area contributed by atoms with Gasteiger partial charge in [-0.3, -0.25) is 4.79 Å². The van der Waals surface area contributed by atoms with Gasteiger partial charge in [0.05, 0.1) is 23.6 Å². The maximum Gasteiger partial charge on any atom is 0.280 e. The molecule has 26 heavy (non-hydrogen) atoms. The molecular formula is C20H18N2O4. The van der Waals surface area contributed by atoms with Gasteiger partial charge in [0.15, 0.2) is 11.5 Å². The third-order valence-electron chi connectivity index (χ3n) is 4.11. The van der Waals surface area contributed by atoms with Crippen molar-refractivity contribution in [3.63, 3.8) is 0 Å². The lowest BCUT2D eigenvalue weighted by atomic mass is 10.1. The maximum absolute atomic E-state index is 12.9. The van der Waals surface area contributed by atoms with Gasteiger partial charge in [-0.25, -0.2) is 0 Å². The number of carbonyl (C=O) groups excluding carboxylic acids is 1. The first-order valence-corrected chi connectivity index (χ1v) is 8.34. The molecule has 0 bridgehead atoms. The van der Waals surface area contributed by atoms with E-state index in [4.69, 9.17) is 14.2 Å². The Morgan fingerprint density at radius 3 is 2.65 bits per heavy atom. The molecule has 1 amide bonds. The number of nitrogens with zero attached hydrogens (tertiary/aromatic N) is 2. The number of para-hydroxylation sites is 1. The second-order valence-corrected chi connectivity index (χ2v) is 5.89. The van der Waals surface area contributed by atoms with Gasteiger partial charge in [-0.1, -0.05) is 24.3 Å². The summed E-state index contributed by atoms with van der Waals surface area (Å²) in [5.74, 6) is 1.21. The number of hydrazone groups is 1. The van der Waals surface area contributed by atoms with Crippen LogP contribution in [0.1, 0.15) is 5.56 Å². The molecule has 0 spiro atoms. The van der Waals surface area contributed by atoms with Crippen LogP contribution in [0.4, 0.5) is 5.69 Å². The summed E-state index contributed by atoms with van der Waals surface area (Å²) in [6.45, 7) is 1.32. The van der Waals surface area contributed by atoms with E-state index in [1.54, 1.807) is 13.2 Å². The topological polar surface area (TPSA) is 60.4 Å². The van der Waals surface area contributed by atoms with Crippen molar-refractivity contribution in [1.82, 2.24) is 0 Å². The van der Waals surface area contributed by atoms with Gasteiger partial charge in [0.2, 0.25) is 0 Å². The molecule has 0 unspecified atom stereocenters. The summed E-state index contributed by atoms with van der Waals surface area (Å²) in [6, 6.07) is 14.9. The Balaban J connectivity index is 1.69. The molecule has 0 aromatic heterocycles. The van der Waals surface area contributed by atoms with Crippen LogP contribution in [0.5, 0.6) is 11.5 Å². The van der Waals surface area contributed by atoms with Crippen LogP contribution in [0.25, 0.3) is 6.08 Å². The number of benzene rings is 2. The van der Waals surface area contributed by atoms with E-state index in [1.807, 2.05) is 48.5 Å². The molecule has 0 fully saturated rings. The number of hydrogen-bond acceptors (Lipinski definition) is 5. The van der Waals surface area contributed by atoms with Gasteiger partial charge in [0.25, 0.3) is 5.91 Å². The molecule has 2 aliphatic heterocycles. The minimum absolute atomic E-state index is 0.182. The molecule has 0 saturated heterocycles. The van der Waals surface area contributed by atoms with Crippen LogP contribution in [0.15, 0.2) is 59.2 Å². The van der Waals surface area contributed by atoms with Crippen LogP contribution in [-0.4, -0.2) is 38.5 Å². The molecule has 4 rings (SSSR count). The molecule has 6 heteroatoms. The summed E-state index contributed by atoms with van der Waals surface area (Å²) < 4.78 is 16.4. The number of anilines is 1. The van der Waals surface area contributed by atoms with Crippen molar-refractivity contribution in [2.75, 3.05) is 31.9 Å². The maximum atomic E-state index is 12.9. The van der Waals surface area contributed by atoms with Crippen LogP contribution in [0.2, 0.25) is 0 Å². The molecule has 2 aliphatic rings. The molecule has 0 radical (unpaired) electrons. The molecule has 6 nitrogen and oxygen atoms in total. The molecule has 0 saturated carbocycles. The highest BCUT2D eigenvalue weighted by atomic mass is 16.6. The van der Waals surface area contributed by atoms with E-state index in [0.29, 0.717) is 36.0 Å². The largest absolute Gasteiger partial charge is 0.486 e. The highest BCUT2D eigenvalue weighted by molar-refractivity contribution is 6.33. The SMILES string of the molecule is COCC1=NN(c2ccccc2)C(=O)/C1=C\c1ccc2c(c1)OCCO2. The van der Waals surface area contributed by atoms with E-state index in [0.717, 1.165) is 11.3 Å². The number of rotatable bonds is 4. The summed E-state index contributed by atoms with van der Waals surface area (Å²) >= 11 is 0. The predicted octanol–water partition coefficient (Wildman–Crippen LogP) is 2.89. The van der Waals surface area contributed by atoms with Crippen molar-refractivity contribution in [3.05, 3.63) is 59.7 Å². The Kier molecular flexibility index (Phi) is 4.41. The third kappa shape index (κ3) is 3.07. The summed E-state index contributed by atoms with van der Waals surface area (Å²) in [7, 11) is 1.58. The second kappa shape index (κ2) is 7.01. The molecular weight excluding hydrogens is 332 g/mol. The summed E-state index contributed by atoms with van der Waals surface area (Å²) in [5.41, 5.74) is 2.66. The number of hydrogen-bond donors (Lipinski definition) is 0. The second-order valence-electron chi connectivity index (χ2n) is 5.89. The minimum atomic E-state index is -0.182. The van der Waals surface area contributed by atoms with Gasteiger partial charge in [-0.15, -0.1) is 0 Å². The Bertz CT molecular complexity index is 890. The van der Waals surface area contributed by atoms with Crippen molar-refractivity contribution in [2.24, 2.45) is 5.10 Å². The van der Waals surface area contributed by atoms with Crippen LogP contribution in [0.3, 0.4) is 0 Å². The average molecular weight is 350 g/mol. The van der Waals surface area contributed by atoms with Crippen molar-refractivity contribution in [1.29, 1.82) is 0 Å². The molecule has 2 heterocycles. The Morgan fingerprint density at radius 1 is 1.12 bits per heavy atom. The fraction of sp³-hybridized carbons (Fsp3) is 0.200. The van der Waals surface area contributed by atoms with Gasteiger partial charge < -0.3 is 14.2 Å². The zero-order chi connectivity index (χ0) is 17.9. The van der Waals surface area contributed by atoms with Gasteiger partial charge >= 0.3 is 0 Å². The van der Waals surface area contributed by atoms with E-state index in [1.165, 1.54) is 5.01 Å². The number of carbonyl (C=O) groups is 1. The van der Waals surface area contributed by atoms with Gasteiger partial charge in [0, 0.05) is 7.11 Å². The van der Waals surface area contributed by atoms with E-state index < -0.39 is 0 Å². The predicted molar refractivity (Wildman–Crippen MR) is 98.6 cm³/mol. The van der Waals surface area contributed by atoms with Gasteiger partial charge in [-0.2, -0.15) is 10.1 Å². The molecule has 2 aromatic rings.